The minimum Gasteiger partial charge on any atom is -0.497 e. The third-order valence-electron chi connectivity index (χ3n) is 7.23. The van der Waals surface area contributed by atoms with E-state index in [2.05, 4.69) is 5.32 Å². The Hall–Kier alpha value is -2.65. The second kappa shape index (κ2) is 10.8. The minimum atomic E-state index is -0.929. The van der Waals surface area contributed by atoms with Crippen molar-refractivity contribution in [2.45, 2.75) is 70.7 Å². The van der Waals surface area contributed by atoms with Crippen molar-refractivity contribution in [2.24, 2.45) is 5.41 Å². The molecule has 3 aliphatic rings. The van der Waals surface area contributed by atoms with Crippen LogP contribution in [-0.4, -0.2) is 85.3 Å². The first-order chi connectivity index (χ1) is 17.1. The molecule has 3 aliphatic heterocycles. The number of ether oxygens (including phenoxy) is 3. The van der Waals surface area contributed by atoms with E-state index in [1.54, 1.807) is 36.3 Å². The van der Waals surface area contributed by atoms with E-state index >= 15 is 0 Å². The van der Waals surface area contributed by atoms with Gasteiger partial charge in [-0.2, -0.15) is 0 Å². The lowest BCUT2D eigenvalue weighted by Gasteiger charge is -2.45. The predicted molar refractivity (Wildman–Crippen MR) is 134 cm³/mol. The molecular formula is C27H39N3O6. The monoisotopic (exact) mass is 501 g/mol. The Balaban J connectivity index is 1.52. The third-order valence-corrected chi connectivity index (χ3v) is 7.23. The highest BCUT2D eigenvalue weighted by Crippen LogP contribution is 2.39. The molecule has 0 saturated carbocycles. The Morgan fingerprint density at radius 2 is 1.83 bits per heavy atom. The van der Waals surface area contributed by atoms with Crippen LogP contribution in [0.5, 0.6) is 5.75 Å². The van der Waals surface area contributed by atoms with E-state index < -0.39 is 11.8 Å². The molecule has 2 atom stereocenters. The summed E-state index contributed by atoms with van der Waals surface area (Å²) in [6, 6.07) is 6.12. The van der Waals surface area contributed by atoms with Crippen LogP contribution in [0.25, 0.3) is 0 Å². The summed E-state index contributed by atoms with van der Waals surface area (Å²) in [5.41, 5.74) is -0.566. The summed E-state index contributed by atoms with van der Waals surface area (Å²) in [7, 11) is 1.57. The standard InChI is InChI=1S/C27H39N3O6/c1-26(2,3)16-23(31)29-13-11-27(12-14-29)30(25(33)19-7-9-20(34-4)10-8-19)22(18-36-27)24(32)28-17-21-6-5-15-35-21/h7-10,21-22H,5-6,11-18H2,1-4H3,(H,28,32). The van der Waals surface area contributed by atoms with Crippen molar-refractivity contribution in [1.29, 1.82) is 0 Å². The van der Waals surface area contributed by atoms with E-state index in [1.165, 1.54) is 0 Å². The van der Waals surface area contributed by atoms with Crippen LogP contribution >= 0.6 is 0 Å². The number of hydrogen-bond acceptors (Lipinski definition) is 6. The first-order valence-electron chi connectivity index (χ1n) is 12.9. The largest absolute Gasteiger partial charge is 0.497 e. The van der Waals surface area contributed by atoms with E-state index in [9.17, 15) is 14.4 Å². The number of methoxy groups -OCH3 is 1. The average Bonchev–Trinajstić information content (AvgIpc) is 3.50. The van der Waals surface area contributed by atoms with Crippen LogP contribution in [-0.2, 0) is 19.1 Å². The molecular weight excluding hydrogens is 462 g/mol. The molecule has 1 aromatic carbocycles. The lowest BCUT2D eigenvalue weighted by Crippen LogP contribution is -2.60. The first-order valence-corrected chi connectivity index (χ1v) is 12.9. The molecule has 9 heteroatoms. The van der Waals surface area contributed by atoms with Gasteiger partial charge in [-0.15, -0.1) is 0 Å². The summed E-state index contributed by atoms with van der Waals surface area (Å²) in [5.74, 6) is 0.252. The van der Waals surface area contributed by atoms with E-state index in [0.29, 0.717) is 56.8 Å². The van der Waals surface area contributed by atoms with Crippen LogP contribution in [0.15, 0.2) is 24.3 Å². The van der Waals surface area contributed by atoms with Gasteiger partial charge in [0.05, 0.1) is 19.8 Å². The molecule has 2 unspecified atom stereocenters. The molecule has 36 heavy (non-hydrogen) atoms. The number of hydrogen-bond donors (Lipinski definition) is 1. The highest BCUT2D eigenvalue weighted by atomic mass is 16.5. The molecule has 1 aromatic rings. The fraction of sp³-hybridized carbons (Fsp3) is 0.667. The Morgan fingerprint density at radius 3 is 2.42 bits per heavy atom. The number of carbonyl (C=O) groups is 3. The maximum atomic E-state index is 13.8. The number of likely N-dealkylation sites (tertiary alicyclic amines) is 1. The number of benzene rings is 1. The van der Waals surface area contributed by atoms with Gasteiger partial charge in [0.25, 0.3) is 5.91 Å². The summed E-state index contributed by atoms with van der Waals surface area (Å²) in [6.07, 6.45) is 3.29. The van der Waals surface area contributed by atoms with Gasteiger partial charge < -0.3 is 24.4 Å². The molecule has 3 heterocycles. The van der Waals surface area contributed by atoms with Crippen molar-refractivity contribution in [2.75, 3.05) is 40.0 Å². The van der Waals surface area contributed by atoms with Gasteiger partial charge in [0.15, 0.2) is 0 Å². The normalized spacial score (nSPS) is 23.7. The number of piperidine rings is 1. The van der Waals surface area contributed by atoms with Crippen molar-refractivity contribution in [3.63, 3.8) is 0 Å². The molecule has 3 saturated heterocycles. The zero-order valence-corrected chi connectivity index (χ0v) is 21.9. The van der Waals surface area contributed by atoms with Gasteiger partial charge in [0.1, 0.15) is 17.5 Å². The van der Waals surface area contributed by atoms with Gasteiger partial charge in [-0.25, -0.2) is 0 Å². The van der Waals surface area contributed by atoms with Crippen LogP contribution < -0.4 is 10.1 Å². The zero-order chi connectivity index (χ0) is 25.9. The molecule has 3 amide bonds. The Kier molecular flexibility index (Phi) is 7.90. The second-order valence-electron chi connectivity index (χ2n) is 11.2. The number of carbonyl (C=O) groups excluding carboxylic acids is 3. The van der Waals surface area contributed by atoms with Crippen LogP contribution in [0.2, 0.25) is 0 Å². The van der Waals surface area contributed by atoms with Crippen molar-refractivity contribution in [1.82, 2.24) is 15.1 Å². The summed E-state index contributed by atoms with van der Waals surface area (Å²) >= 11 is 0. The molecule has 4 rings (SSSR count). The first kappa shape index (κ1) is 26.4. The maximum absolute atomic E-state index is 13.8. The Bertz CT molecular complexity index is 943. The molecule has 0 aromatic heterocycles. The number of nitrogens with one attached hydrogen (secondary N) is 1. The van der Waals surface area contributed by atoms with Gasteiger partial charge in [0.2, 0.25) is 11.8 Å². The number of amides is 3. The fourth-order valence-electron chi connectivity index (χ4n) is 5.25. The van der Waals surface area contributed by atoms with Crippen molar-refractivity contribution >= 4 is 17.7 Å². The highest BCUT2D eigenvalue weighted by Gasteiger charge is 2.54. The average molecular weight is 502 g/mol. The highest BCUT2D eigenvalue weighted by molar-refractivity contribution is 5.98. The van der Waals surface area contributed by atoms with E-state index in [4.69, 9.17) is 14.2 Å². The number of nitrogens with zero attached hydrogens (tertiary/aromatic N) is 2. The van der Waals surface area contributed by atoms with Gasteiger partial charge >= 0.3 is 0 Å². The van der Waals surface area contributed by atoms with Gasteiger partial charge in [-0.3, -0.25) is 19.3 Å². The smallest absolute Gasteiger partial charge is 0.256 e. The predicted octanol–water partition coefficient (Wildman–Crippen LogP) is 2.59. The third kappa shape index (κ3) is 5.83. The summed E-state index contributed by atoms with van der Waals surface area (Å²) in [6.45, 7) is 8.35. The van der Waals surface area contributed by atoms with Crippen LogP contribution in [0.3, 0.4) is 0 Å². The van der Waals surface area contributed by atoms with Crippen molar-refractivity contribution < 1.29 is 28.6 Å². The topological polar surface area (TPSA) is 97.4 Å². The van der Waals surface area contributed by atoms with Crippen molar-refractivity contribution in [3.8, 4) is 5.75 Å². The molecule has 3 fully saturated rings. The fourth-order valence-corrected chi connectivity index (χ4v) is 5.25. The lowest BCUT2D eigenvalue weighted by molar-refractivity contribution is -0.145. The quantitative estimate of drug-likeness (QED) is 0.644. The lowest BCUT2D eigenvalue weighted by atomic mass is 9.90. The van der Waals surface area contributed by atoms with Gasteiger partial charge in [0, 0.05) is 51.1 Å². The van der Waals surface area contributed by atoms with E-state index in [-0.39, 0.29) is 35.8 Å². The Morgan fingerprint density at radius 1 is 1.14 bits per heavy atom. The summed E-state index contributed by atoms with van der Waals surface area (Å²) in [5, 5.41) is 2.97. The molecule has 0 bridgehead atoms. The van der Waals surface area contributed by atoms with Crippen LogP contribution in [0.4, 0.5) is 0 Å². The zero-order valence-electron chi connectivity index (χ0n) is 21.9. The van der Waals surface area contributed by atoms with Crippen LogP contribution in [0.1, 0.15) is 63.2 Å². The summed E-state index contributed by atoms with van der Waals surface area (Å²) < 4.78 is 17.1. The molecule has 0 aliphatic carbocycles. The molecule has 198 valence electrons. The van der Waals surface area contributed by atoms with E-state index in [0.717, 1.165) is 12.8 Å². The molecule has 9 nitrogen and oxygen atoms in total. The van der Waals surface area contributed by atoms with Gasteiger partial charge in [-0.05, 0) is 42.5 Å². The minimum absolute atomic E-state index is 0.00744. The van der Waals surface area contributed by atoms with Gasteiger partial charge in [-0.1, -0.05) is 20.8 Å². The molecule has 1 N–H and O–H groups in total. The summed E-state index contributed by atoms with van der Waals surface area (Å²) in [4.78, 5) is 43.4. The SMILES string of the molecule is COc1ccc(C(=O)N2C(C(=O)NCC3CCCO3)COC23CCN(C(=O)CC(C)(C)C)CC3)cc1. The second-order valence-corrected chi connectivity index (χ2v) is 11.2. The van der Waals surface area contributed by atoms with E-state index in [1.807, 2.05) is 25.7 Å². The number of rotatable bonds is 6. The molecule has 1 spiro atoms. The maximum Gasteiger partial charge on any atom is 0.256 e. The Labute approximate surface area is 213 Å². The molecule has 0 radical (unpaired) electrons. The van der Waals surface area contributed by atoms with Crippen LogP contribution in [0, 0.1) is 5.41 Å². The van der Waals surface area contributed by atoms with Crippen molar-refractivity contribution in [3.05, 3.63) is 29.8 Å².